The number of rotatable bonds is 30. The molecule has 3 fully saturated rings. The third-order valence-electron chi connectivity index (χ3n) is 14.7. The zero-order chi connectivity index (χ0) is 62.6. The van der Waals surface area contributed by atoms with Crippen molar-refractivity contribution in [1.29, 1.82) is 0 Å². The van der Waals surface area contributed by atoms with Gasteiger partial charge >= 0.3 is 17.9 Å². The Balaban J connectivity index is 0.954. The maximum atomic E-state index is 14.1. The number of nitrogens with one attached hydrogen (secondary N) is 5. The number of nitrogens with zero attached hydrogens (tertiary/aromatic N) is 11. The molecule has 0 spiro atoms. The number of pyridine rings is 1. The minimum absolute atomic E-state index is 0.0242. The van der Waals surface area contributed by atoms with Crippen LogP contribution in [0.1, 0.15) is 60.9 Å². The number of ether oxygens (including phenoxy) is 1. The molecular formula is C57H79F2IN16O11. The summed E-state index contributed by atoms with van der Waals surface area (Å²) in [5, 5.41) is 47.6. The number of aromatic nitrogens is 1. The highest BCUT2D eigenvalue weighted by molar-refractivity contribution is 14.1. The lowest BCUT2D eigenvalue weighted by atomic mass is 9.92. The molecule has 87 heavy (non-hydrogen) atoms. The van der Waals surface area contributed by atoms with Crippen LogP contribution < -0.4 is 31.6 Å². The number of alkyl halides is 2. The van der Waals surface area contributed by atoms with E-state index in [0.29, 0.717) is 42.3 Å². The molecule has 1 aromatic heterocycles. The molecule has 0 aliphatic carbocycles. The van der Waals surface area contributed by atoms with Crippen molar-refractivity contribution in [3.63, 3.8) is 0 Å². The van der Waals surface area contributed by atoms with Crippen molar-refractivity contribution in [2.45, 2.75) is 63.0 Å². The van der Waals surface area contributed by atoms with Crippen molar-refractivity contribution in [2.75, 3.05) is 132 Å². The van der Waals surface area contributed by atoms with Gasteiger partial charge in [0.15, 0.2) is 0 Å². The van der Waals surface area contributed by atoms with Gasteiger partial charge in [0.1, 0.15) is 12.4 Å². The second kappa shape index (κ2) is 35.9. The zero-order valence-electron chi connectivity index (χ0n) is 48.8. The van der Waals surface area contributed by atoms with E-state index in [1.165, 1.54) is 31.7 Å². The molecule has 474 valence electrons. The second-order valence-electron chi connectivity index (χ2n) is 21.3. The Kier molecular flexibility index (Phi) is 28.3. The van der Waals surface area contributed by atoms with Gasteiger partial charge in [-0.15, -0.1) is 0 Å². The van der Waals surface area contributed by atoms with Crippen LogP contribution in [-0.2, 0) is 28.8 Å². The number of carbonyl (C=O) groups is 7. The van der Waals surface area contributed by atoms with Crippen molar-refractivity contribution in [1.82, 2.24) is 61.3 Å². The number of piperidine rings is 1. The van der Waals surface area contributed by atoms with Crippen LogP contribution >= 0.6 is 22.6 Å². The maximum Gasteiger partial charge on any atom is 0.317 e. The van der Waals surface area contributed by atoms with Gasteiger partial charge in [-0.05, 0) is 96.2 Å². The number of aliphatic carboxylic acids is 3. The smallest absolute Gasteiger partial charge is 0.317 e. The number of carbonyl (C=O) groups excluding carboxylic acids is 4. The average molecular weight is 1330 g/mol. The summed E-state index contributed by atoms with van der Waals surface area (Å²) in [6, 6.07) is 13.0. The molecule has 0 saturated carbocycles. The number of halogens is 3. The van der Waals surface area contributed by atoms with Crippen LogP contribution in [0.4, 0.5) is 8.78 Å². The Morgan fingerprint density at radius 3 is 2.02 bits per heavy atom. The maximum absolute atomic E-state index is 14.1. The lowest BCUT2D eigenvalue weighted by Gasteiger charge is -2.33. The van der Waals surface area contributed by atoms with E-state index < -0.39 is 67.2 Å². The molecule has 0 radical (unpaired) electrons. The van der Waals surface area contributed by atoms with Crippen molar-refractivity contribution in [2.24, 2.45) is 26.2 Å². The third-order valence-corrected chi connectivity index (χ3v) is 15.4. The standard InChI is InChI=1S/C57H79F2IN16O11/c1-61-33-45-30-57(58,59)39-76(45)52(79)34-63-56(86)47-11-15-62-49-9-8-46(29-48(47)49)87-28-2-3-41-13-18-75(19-14-41)51(78)12-17-64-67-32-44(10-16-65-68-40-69-66-31-42-4-6-43(60)7-5-42)70-50(77)35-71-20-22-72(36-53(80)81)24-26-74(38-55(84)85)27-25-73(23-21-71)37-54(82)83/h4-9,11,15-16,29,31-33,41,44-45,64,68-69H,2-3,10,12-14,17-28,30,34-40H2,1H3,(H,63,86)(H,70,77)(H,80,81)(H,82,83)(H,84,85)/b61-33?,65-16+,66-31+,67-32-/t44-,45+/m0/s1. The van der Waals surface area contributed by atoms with E-state index in [1.807, 2.05) is 34.1 Å². The van der Waals surface area contributed by atoms with E-state index in [2.05, 4.69) is 74.8 Å². The SMILES string of the molecule is CN=C[C@H]1CC(F)(F)CN1C(=O)CNC(=O)c1ccnc2ccc(OCCCC3CCN(C(=O)CCN/N=C\[C@H](C/C=N/NCN/N=C/c4ccc(I)cc4)NC(=O)CN4CCN(CC(=O)O)CCN(CC(=O)O)CCN(CC(=O)O)CC4)CC3)cc12. The van der Waals surface area contributed by atoms with Crippen molar-refractivity contribution >= 4 is 99.9 Å². The van der Waals surface area contributed by atoms with Crippen LogP contribution in [0, 0.1) is 9.49 Å². The molecule has 3 saturated heterocycles. The normalized spacial score (nSPS) is 18.4. The Morgan fingerprint density at radius 1 is 0.782 bits per heavy atom. The molecule has 0 unspecified atom stereocenters. The molecule has 4 heterocycles. The number of hydrogen-bond donors (Lipinski definition) is 8. The van der Waals surface area contributed by atoms with Gasteiger partial charge < -0.3 is 45.9 Å². The highest BCUT2D eigenvalue weighted by atomic mass is 127. The van der Waals surface area contributed by atoms with Gasteiger partial charge in [-0.3, -0.25) is 74.0 Å². The van der Waals surface area contributed by atoms with Crippen LogP contribution in [0.5, 0.6) is 5.75 Å². The van der Waals surface area contributed by atoms with Gasteiger partial charge in [-0.25, -0.2) is 8.78 Å². The predicted molar refractivity (Wildman–Crippen MR) is 330 cm³/mol. The Morgan fingerprint density at radius 2 is 1.40 bits per heavy atom. The van der Waals surface area contributed by atoms with E-state index in [1.54, 1.807) is 45.3 Å². The number of hydrazone groups is 3. The quantitative estimate of drug-likeness (QED) is 0.0154. The van der Waals surface area contributed by atoms with Gasteiger partial charge in [0.25, 0.3) is 11.8 Å². The summed E-state index contributed by atoms with van der Waals surface area (Å²) in [6.45, 7) is 1.80. The van der Waals surface area contributed by atoms with E-state index in [4.69, 9.17) is 4.74 Å². The number of benzene rings is 2. The molecule has 27 nitrogen and oxygen atoms in total. The topological polar surface area (TPSA) is 331 Å². The highest BCUT2D eigenvalue weighted by Gasteiger charge is 2.46. The van der Waals surface area contributed by atoms with E-state index in [-0.39, 0.29) is 122 Å². The van der Waals surface area contributed by atoms with Crippen LogP contribution in [0.25, 0.3) is 10.9 Å². The number of hydrogen-bond acceptors (Lipinski definition) is 20. The largest absolute Gasteiger partial charge is 0.494 e. The molecule has 3 aliphatic rings. The van der Waals surface area contributed by atoms with Gasteiger partial charge in [-0.1, -0.05) is 12.1 Å². The van der Waals surface area contributed by atoms with Crippen molar-refractivity contribution < 1.29 is 62.4 Å². The van der Waals surface area contributed by atoms with Crippen LogP contribution in [0.3, 0.4) is 0 Å². The molecule has 3 aromatic rings. The van der Waals surface area contributed by atoms with Crippen LogP contribution in [0.2, 0.25) is 0 Å². The average Bonchev–Trinajstić information content (AvgIpc) is 2.28. The zero-order valence-corrected chi connectivity index (χ0v) is 50.9. The first-order valence-electron chi connectivity index (χ1n) is 28.9. The van der Waals surface area contributed by atoms with E-state index >= 15 is 0 Å². The van der Waals surface area contributed by atoms with E-state index in [9.17, 15) is 57.7 Å². The molecule has 6 rings (SSSR count). The van der Waals surface area contributed by atoms with Crippen LogP contribution in [-0.4, -0.2) is 266 Å². The molecule has 3 aliphatic heterocycles. The molecular weight excluding hydrogens is 1250 g/mol. The molecule has 4 amide bonds. The number of amides is 4. The summed E-state index contributed by atoms with van der Waals surface area (Å²) in [5.41, 5.74) is 10.4. The minimum atomic E-state index is -3.05. The summed E-state index contributed by atoms with van der Waals surface area (Å²) in [4.78, 5) is 106. The van der Waals surface area contributed by atoms with Crippen molar-refractivity contribution in [3.05, 3.63) is 69.4 Å². The van der Waals surface area contributed by atoms with Gasteiger partial charge in [0.05, 0.1) is 75.3 Å². The third kappa shape index (κ3) is 25.0. The van der Waals surface area contributed by atoms with Crippen molar-refractivity contribution in [3.8, 4) is 5.75 Å². The van der Waals surface area contributed by atoms with Gasteiger partial charge in [-0.2, -0.15) is 15.3 Å². The van der Waals surface area contributed by atoms with Gasteiger partial charge in [0.2, 0.25) is 17.7 Å². The first-order valence-corrected chi connectivity index (χ1v) is 29.9. The fourth-order valence-electron chi connectivity index (χ4n) is 10.2. The van der Waals surface area contributed by atoms with E-state index in [0.717, 1.165) is 39.7 Å². The number of carboxylic acids is 3. The van der Waals surface area contributed by atoms with Crippen LogP contribution in [0.15, 0.2) is 75.0 Å². The first-order chi connectivity index (χ1) is 41.8. The summed E-state index contributed by atoms with van der Waals surface area (Å²) < 4.78 is 35.4. The lowest BCUT2D eigenvalue weighted by molar-refractivity contribution is -0.140. The summed E-state index contributed by atoms with van der Waals surface area (Å²) in [6.07, 6.45) is 10.7. The molecule has 2 atom stereocenters. The number of aliphatic imine (C=N–C) groups is 1. The Hall–Kier alpha value is -7.55. The van der Waals surface area contributed by atoms with Gasteiger partial charge in [0, 0.05) is 132 Å². The first kappa shape index (κ1) is 68.6. The number of likely N-dealkylation sites (tertiary alicyclic amines) is 2. The Labute approximate surface area is 517 Å². The highest BCUT2D eigenvalue weighted by Crippen LogP contribution is 2.31. The fraction of sp³-hybridized carbons (Fsp3) is 0.544. The second-order valence-corrected chi connectivity index (χ2v) is 22.6. The molecule has 8 N–H and O–H groups in total. The Bertz CT molecular complexity index is 2850. The summed E-state index contributed by atoms with van der Waals surface area (Å²) in [5.74, 6) is -6.91. The predicted octanol–water partition coefficient (Wildman–Crippen LogP) is 1.38. The summed E-state index contributed by atoms with van der Waals surface area (Å²) >= 11 is 2.23. The summed E-state index contributed by atoms with van der Waals surface area (Å²) in [7, 11) is 1.45. The molecule has 2 aromatic carbocycles. The fourth-order valence-corrected chi connectivity index (χ4v) is 10.5. The lowest BCUT2D eigenvalue weighted by Crippen LogP contribution is -2.50. The molecule has 30 heteroatoms. The number of fused-ring (bicyclic) bond motifs is 1. The molecule has 0 bridgehead atoms. The monoisotopic (exact) mass is 1330 g/mol. The minimum Gasteiger partial charge on any atom is -0.494 e. The number of carboxylic acid groups (broad SMARTS) is 3.